The summed E-state index contributed by atoms with van der Waals surface area (Å²) in [6, 6.07) is 5.02. The van der Waals surface area contributed by atoms with E-state index in [1.165, 1.54) is 4.88 Å². The van der Waals surface area contributed by atoms with Crippen LogP contribution in [0.25, 0.3) is 0 Å². The standard InChI is InChI=1S/C10H16ClNS/c1-4-7(2)12-8(3)9-5-6-10(11)13-9/h5-8,12H,4H2,1-3H3/t7-,8-/m0/s1. The van der Waals surface area contributed by atoms with Gasteiger partial charge in [-0.25, -0.2) is 0 Å². The third kappa shape index (κ3) is 3.29. The van der Waals surface area contributed by atoms with Crippen LogP contribution in [0.1, 0.15) is 38.1 Å². The number of halogens is 1. The van der Waals surface area contributed by atoms with Crippen LogP contribution in [0.5, 0.6) is 0 Å². The van der Waals surface area contributed by atoms with Crippen LogP contribution in [0.4, 0.5) is 0 Å². The molecule has 1 aromatic rings. The van der Waals surface area contributed by atoms with E-state index in [0.717, 1.165) is 10.8 Å². The van der Waals surface area contributed by atoms with Crippen molar-refractivity contribution in [3.63, 3.8) is 0 Å². The minimum atomic E-state index is 0.410. The molecular weight excluding hydrogens is 202 g/mol. The zero-order chi connectivity index (χ0) is 9.84. The van der Waals surface area contributed by atoms with E-state index in [0.29, 0.717) is 12.1 Å². The van der Waals surface area contributed by atoms with Crippen molar-refractivity contribution in [2.75, 3.05) is 0 Å². The second-order valence-corrected chi connectivity index (χ2v) is 5.09. The fraction of sp³-hybridized carbons (Fsp3) is 0.600. The Balaban J connectivity index is 2.53. The summed E-state index contributed by atoms with van der Waals surface area (Å²) >= 11 is 7.52. The molecule has 1 rings (SSSR count). The number of thiophene rings is 1. The first-order chi connectivity index (χ1) is 6.13. The lowest BCUT2D eigenvalue weighted by Gasteiger charge is -2.17. The Morgan fingerprint density at radius 1 is 1.46 bits per heavy atom. The van der Waals surface area contributed by atoms with E-state index in [4.69, 9.17) is 11.6 Å². The summed E-state index contributed by atoms with van der Waals surface area (Å²) in [5, 5.41) is 3.51. The van der Waals surface area contributed by atoms with Crippen LogP contribution in [0.3, 0.4) is 0 Å². The summed E-state index contributed by atoms with van der Waals surface area (Å²) in [7, 11) is 0. The van der Waals surface area contributed by atoms with E-state index < -0.39 is 0 Å². The zero-order valence-corrected chi connectivity index (χ0v) is 9.88. The smallest absolute Gasteiger partial charge is 0.0931 e. The molecule has 1 aromatic heterocycles. The number of rotatable bonds is 4. The molecule has 2 atom stereocenters. The monoisotopic (exact) mass is 217 g/mol. The third-order valence-corrected chi connectivity index (χ3v) is 3.58. The van der Waals surface area contributed by atoms with Gasteiger partial charge < -0.3 is 5.32 Å². The van der Waals surface area contributed by atoms with Gasteiger partial charge in [0.05, 0.1) is 4.34 Å². The van der Waals surface area contributed by atoms with Crippen molar-refractivity contribution in [1.29, 1.82) is 0 Å². The second-order valence-electron chi connectivity index (χ2n) is 3.34. The lowest BCUT2D eigenvalue weighted by Crippen LogP contribution is -2.27. The highest BCUT2D eigenvalue weighted by Gasteiger charge is 2.09. The molecule has 1 heterocycles. The predicted octanol–water partition coefficient (Wildman–Crippen LogP) is 3.85. The summed E-state index contributed by atoms with van der Waals surface area (Å²) in [5.41, 5.74) is 0. The Morgan fingerprint density at radius 2 is 2.15 bits per heavy atom. The lowest BCUT2D eigenvalue weighted by molar-refractivity contribution is 0.474. The van der Waals surface area contributed by atoms with Gasteiger partial charge in [-0.2, -0.15) is 0 Å². The summed E-state index contributed by atoms with van der Waals surface area (Å²) in [5.74, 6) is 0. The van der Waals surface area contributed by atoms with Gasteiger partial charge in [0, 0.05) is 17.0 Å². The molecule has 1 nitrogen and oxygen atoms in total. The van der Waals surface area contributed by atoms with Crippen LogP contribution in [0.15, 0.2) is 12.1 Å². The minimum Gasteiger partial charge on any atom is -0.307 e. The van der Waals surface area contributed by atoms with Crippen molar-refractivity contribution >= 4 is 22.9 Å². The third-order valence-electron chi connectivity index (χ3n) is 2.17. The van der Waals surface area contributed by atoms with Crippen LogP contribution in [0.2, 0.25) is 4.34 Å². The highest BCUT2D eigenvalue weighted by atomic mass is 35.5. The van der Waals surface area contributed by atoms with E-state index in [-0.39, 0.29) is 0 Å². The maximum absolute atomic E-state index is 5.87. The summed E-state index contributed by atoms with van der Waals surface area (Å²) in [6.07, 6.45) is 1.16. The van der Waals surface area contributed by atoms with Gasteiger partial charge in [0.1, 0.15) is 0 Å². The van der Waals surface area contributed by atoms with Gasteiger partial charge in [0.2, 0.25) is 0 Å². The zero-order valence-electron chi connectivity index (χ0n) is 8.30. The van der Waals surface area contributed by atoms with Gasteiger partial charge in [0.15, 0.2) is 0 Å². The summed E-state index contributed by atoms with van der Waals surface area (Å²) in [6.45, 7) is 6.56. The van der Waals surface area contributed by atoms with E-state index in [2.05, 4.69) is 32.2 Å². The largest absolute Gasteiger partial charge is 0.307 e. The Kier molecular flexibility index (Phi) is 4.23. The first-order valence-electron chi connectivity index (χ1n) is 4.64. The Morgan fingerprint density at radius 3 is 2.62 bits per heavy atom. The number of nitrogens with one attached hydrogen (secondary N) is 1. The van der Waals surface area contributed by atoms with Crippen molar-refractivity contribution < 1.29 is 0 Å². The normalized spacial score (nSPS) is 15.7. The number of hydrogen-bond donors (Lipinski definition) is 1. The number of hydrogen-bond acceptors (Lipinski definition) is 2. The average Bonchev–Trinajstić information content (AvgIpc) is 2.51. The molecule has 74 valence electrons. The first kappa shape index (κ1) is 11.0. The topological polar surface area (TPSA) is 12.0 Å². The molecule has 0 bridgehead atoms. The van der Waals surface area contributed by atoms with Crippen molar-refractivity contribution in [3.8, 4) is 0 Å². The second kappa shape index (κ2) is 4.99. The minimum absolute atomic E-state index is 0.410. The fourth-order valence-corrected chi connectivity index (χ4v) is 2.26. The molecule has 3 heteroatoms. The maximum atomic E-state index is 5.87. The highest BCUT2D eigenvalue weighted by Crippen LogP contribution is 2.26. The molecule has 1 N–H and O–H groups in total. The van der Waals surface area contributed by atoms with Crippen LogP contribution < -0.4 is 5.32 Å². The maximum Gasteiger partial charge on any atom is 0.0931 e. The van der Waals surface area contributed by atoms with Crippen LogP contribution in [-0.4, -0.2) is 6.04 Å². The molecule has 0 amide bonds. The van der Waals surface area contributed by atoms with Crippen LogP contribution in [-0.2, 0) is 0 Å². The molecule has 0 saturated heterocycles. The molecule has 13 heavy (non-hydrogen) atoms. The molecular formula is C10H16ClNS. The Labute approximate surface area is 89.1 Å². The van der Waals surface area contributed by atoms with E-state index >= 15 is 0 Å². The van der Waals surface area contributed by atoms with E-state index in [1.54, 1.807) is 11.3 Å². The van der Waals surface area contributed by atoms with Crippen LogP contribution >= 0.6 is 22.9 Å². The Hall–Kier alpha value is -0.0500. The predicted molar refractivity (Wildman–Crippen MR) is 60.6 cm³/mol. The van der Waals surface area contributed by atoms with E-state index in [9.17, 15) is 0 Å². The van der Waals surface area contributed by atoms with Gasteiger partial charge >= 0.3 is 0 Å². The summed E-state index contributed by atoms with van der Waals surface area (Å²) in [4.78, 5) is 1.31. The molecule has 0 spiro atoms. The SMILES string of the molecule is CC[C@H](C)N[C@@H](C)c1ccc(Cl)s1. The van der Waals surface area contributed by atoms with E-state index in [1.807, 2.05) is 6.07 Å². The lowest BCUT2D eigenvalue weighted by atomic mass is 10.2. The quantitative estimate of drug-likeness (QED) is 0.808. The first-order valence-corrected chi connectivity index (χ1v) is 5.84. The van der Waals surface area contributed by atoms with Crippen molar-refractivity contribution in [2.24, 2.45) is 0 Å². The molecule has 0 saturated carbocycles. The van der Waals surface area contributed by atoms with Crippen LogP contribution in [0, 0.1) is 0 Å². The Bertz CT molecular complexity index is 259. The van der Waals surface area contributed by atoms with Crippen molar-refractivity contribution in [2.45, 2.75) is 39.3 Å². The van der Waals surface area contributed by atoms with Gasteiger partial charge in [-0.15, -0.1) is 11.3 Å². The fourth-order valence-electron chi connectivity index (χ4n) is 1.19. The van der Waals surface area contributed by atoms with Crippen molar-refractivity contribution in [1.82, 2.24) is 5.32 Å². The van der Waals surface area contributed by atoms with Gasteiger partial charge in [-0.3, -0.25) is 0 Å². The van der Waals surface area contributed by atoms with Gasteiger partial charge in [0.25, 0.3) is 0 Å². The molecule has 0 aliphatic carbocycles. The highest BCUT2D eigenvalue weighted by molar-refractivity contribution is 7.16. The molecule has 0 aliphatic heterocycles. The average molecular weight is 218 g/mol. The molecule has 0 unspecified atom stereocenters. The molecule has 0 radical (unpaired) electrons. The molecule has 0 aromatic carbocycles. The molecule has 0 aliphatic rings. The summed E-state index contributed by atoms with van der Waals surface area (Å²) < 4.78 is 0.868. The molecule has 0 fully saturated rings. The van der Waals surface area contributed by atoms with Gasteiger partial charge in [-0.1, -0.05) is 18.5 Å². The van der Waals surface area contributed by atoms with Gasteiger partial charge in [-0.05, 0) is 32.4 Å². The van der Waals surface area contributed by atoms with Crippen molar-refractivity contribution in [3.05, 3.63) is 21.3 Å².